The number of sulfonamides is 1. The van der Waals surface area contributed by atoms with E-state index in [0.717, 1.165) is 16.2 Å². The molecule has 4 rings (SSSR count). The van der Waals surface area contributed by atoms with Gasteiger partial charge in [-0.05, 0) is 37.6 Å². The maximum atomic E-state index is 13.3. The number of aryl methyl sites for hydroxylation is 2. The van der Waals surface area contributed by atoms with Crippen molar-refractivity contribution in [3.8, 4) is 5.69 Å². The number of nitrogens with two attached hydrogens (primary N) is 1. The van der Waals surface area contributed by atoms with Crippen LogP contribution < -0.4 is 21.3 Å². The SMILES string of the molecule is Cc1ccc(NS(=O)(=O)c2c(Cl)cccc2-n2c(N)c3c(cc2=O)C(=O)NC3=O)c(C)c1. The quantitative estimate of drug-likeness (QED) is 0.498. The van der Waals surface area contributed by atoms with Crippen LogP contribution in [0.1, 0.15) is 31.8 Å². The van der Waals surface area contributed by atoms with Crippen molar-refractivity contribution in [3.63, 3.8) is 0 Å². The Morgan fingerprint density at radius 3 is 2.44 bits per heavy atom. The number of fused-ring (bicyclic) bond motifs is 1. The van der Waals surface area contributed by atoms with Crippen molar-refractivity contribution >= 4 is 44.9 Å². The van der Waals surface area contributed by atoms with Crippen LogP contribution in [0.15, 0.2) is 52.2 Å². The number of hydrogen-bond acceptors (Lipinski definition) is 6. The lowest BCUT2D eigenvalue weighted by Gasteiger charge is -2.18. The minimum Gasteiger partial charge on any atom is -0.384 e. The van der Waals surface area contributed by atoms with Crippen molar-refractivity contribution in [2.24, 2.45) is 0 Å². The Bertz CT molecular complexity index is 1490. The molecule has 0 fully saturated rings. The molecule has 0 unspecified atom stereocenters. The van der Waals surface area contributed by atoms with E-state index < -0.39 is 32.3 Å². The number of amides is 2. The van der Waals surface area contributed by atoms with Gasteiger partial charge in [-0.25, -0.2) is 8.42 Å². The van der Waals surface area contributed by atoms with Gasteiger partial charge >= 0.3 is 0 Å². The number of hydrogen-bond donors (Lipinski definition) is 3. The van der Waals surface area contributed by atoms with Crippen LogP contribution >= 0.6 is 11.6 Å². The third kappa shape index (κ3) is 3.43. The summed E-state index contributed by atoms with van der Waals surface area (Å²) in [4.78, 5) is 36.5. The highest BCUT2D eigenvalue weighted by atomic mass is 35.5. The first-order valence-electron chi connectivity index (χ1n) is 9.31. The third-order valence-corrected chi connectivity index (χ3v) is 6.92. The number of nitrogens with zero attached hydrogens (tertiary/aromatic N) is 1. The molecule has 2 aromatic carbocycles. The number of halogens is 1. The first-order valence-corrected chi connectivity index (χ1v) is 11.2. The Morgan fingerprint density at radius 2 is 1.75 bits per heavy atom. The average Bonchev–Trinajstić information content (AvgIpc) is 2.97. The van der Waals surface area contributed by atoms with Crippen molar-refractivity contribution in [3.05, 3.63) is 80.1 Å². The van der Waals surface area contributed by atoms with E-state index in [9.17, 15) is 22.8 Å². The van der Waals surface area contributed by atoms with E-state index >= 15 is 0 Å². The molecule has 0 aliphatic carbocycles. The summed E-state index contributed by atoms with van der Waals surface area (Å²) in [6.07, 6.45) is 0. The molecule has 0 spiro atoms. The lowest BCUT2D eigenvalue weighted by molar-refractivity contribution is 0.0880. The van der Waals surface area contributed by atoms with Crippen LogP contribution in [0.2, 0.25) is 5.02 Å². The van der Waals surface area contributed by atoms with Crippen LogP contribution in [0.3, 0.4) is 0 Å². The summed E-state index contributed by atoms with van der Waals surface area (Å²) < 4.78 is 30.0. The average molecular weight is 473 g/mol. The summed E-state index contributed by atoms with van der Waals surface area (Å²) in [6, 6.07) is 10.2. The zero-order chi connectivity index (χ0) is 23.4. The van der Waals surface area contributed by atoms with E-state index in [0.29, 0.717) is 11.3 Å². The maximum absolute atomic E-state index is 13.3. The maximum Gasteiger partial charge on any atom is 0.265 e. The molecule has 0 radical (unpaired) electrons. The van der Waals surface area contributed by atoms with Gasteiger partial charge in [0.1, 0.15) is 10.7 Å². The summed E-state index contributed by atoms with van der Waals surface area (Å²) >= 11 is 6.26. The van der Waals surface area contributed by atoms with Gasteiger partial charge in [0.15, 0.2) is 0 Å². The fourth-order valence-electron chi connectivity index (χ4n) is 3.59. The molecular formula is C21H17ClN4O5S. The summed E-state index contributed by atoms with van der Waals surface area (Å²) in [7, 11) is -4.29. The number of aromatic nitrogens is 1. The molecule has 1 aliphatic heterocycles. The van der Waals surface area contributed by atoms with Crippen molar-refractivity contribution < 1.29 is 18.0 Å². The number of pyridine rings is 1. The van der Waals surface area contributed by atoms with Crippen LogP contribution in [-0.4, -0.2) is 24.8 Å². The molecule has 0 bridgehead atoms. The van der Waals surface area contributed by atoms with E-state index in [1.807, 2.05) is 13.0 Å². The normalized spacial score (nSPS) is 13.1. The second-order valence-electron chi connectivity index (χ2n) is 7.29. The molecule has 32 heavy (non-hydrogen) atoms. The Balaban J connectivity index is 1.95. The van der Waals surface area contributed by atoms with Gasteiger partial charge in [0.05, 0.1) is 27.5 Å². The number of rotatable bonds is 4. The molecule has 1 aliphatic rings. The summed E-state index contributed by atoms with van der Waals surface area (Å²) in [5.74, 6) is -1.91. The van der Waals surface area contributed by atoms with E-state index in [-0.39, 0.29) is 27.7 Å². The summed E-state index contributed by atoms with van der Waals surface area (Å²) in [6.45, 7) is 3.62. The van der Waals surface area contributed by atoms with Crippen LogP contribution in [0.25, 0.3) is 5.69 Å². The first kappa shape index (κ1) is 21.6. The summed E-state index contributed by atoms with van der Waals surface area (Å²) in [5.41, 5.74) is 6.71. The van der Waals surface area contributed by atoms with Gasteiger partial charge in [0, 0.05) is 6.07 Å². The number of nitrogens with one attached hydrogen (secondary N) is 2. The zero-order valence-electron chi connectivity index (χ0n) is 16.9. The molecule has 9 nitrogen and oxygen atoms in total. The van der Waals surface area contributed by atoms with Crippen LogP contribution in [-0.2, 0) is 10.0 Å². The van der Waals surface area contributed by atoms with Gasteiger partial charge in [-0.3, -0.25) is 29.0 Å². The van der Waals surface area contributed by atoms with Gasteiger partial charge in [-0.15, -0.1) is 0 Å². The minimum atomic E-state index is -4.29. The molecule has 2 amide bonds. The molecular weight excluding hydrogens is 456 g/mol. The van der Waals surface area contributed by atoms with Crippen molar-refractivity contribution in [1.29, 1.82) is 0 Å². The molecule has 0 saturated carbocycles. The molecule has 164 valence electrons. The van der Waals surface area contributed by atoms with E-state index in [2.05, 4.69) is 10.0 Å². The molecule has 3 aromatic rings. The Labute approximate surface area is 187 Å². The largest absolute Gasteiger partial charge is 0.384 e. The first-order chi connectivity index (χ1) is 15.0. The topological polar surface area (TPSA) is 140 Å². The Morgan fingerprint density at radius 1 is 1.03 bits per heavy atom. The van der Waals surface area contributed by atoms with Gasteiger partial charge in [0.2, 0.25) is 0 Å². The van der Waals surface area contributed by atoms with Crippen molar-refractivity contribution in [2.75, 3.05) is 10.5 Å². The van der Waals surface area contributed by atoms with Crippen LogP contribution in [0, 0.1) is 13.8 Å². The third-order valence-electron chi connectivity index (χ3n) is 5.04. The second-order valence-corrected chi connectivity index (χ2v) is 9.31. The second kappa shape index (κ2) is 7.50. The number of carbonyl (C=O) groups is 2. The number of imide groups is 1. The highest BCUT2D eigenvalue weighted by Crippen LogP contribution is 2.32. The predicted octanol–water partition coefficient (Wildman–Crippen LogP) is 2.37. The molecule has 0 saturated heterocycles. The van der Waals surface area contributed by atoms with E-state index in [4.69, 9.17) is 17.3 Å². The zero-order valence-corrected chi connectivity index (χ0v) is 18.5. The number of benzene rings is 2. The number of anilines is 2. The van der Waals surface area contributed by atoms with Gasteiger partial charge in [-0.1, -0.05) is 35.4 Å². The highest BCUT2D eigenvalue weighted by molar-refractivity contribution is 7.93. The lowest BCUT2D eigenvalue weighted by Crippen LogP contribution is -2.26. The standard InChI is InChI=1S/C21H17ClN4O5S/c1-10-6-7-14(11(2)8-10)25-32(30,31)18-13(22)4-3-5-15(18)26-16(27)9-12-17(19(26)23)21(29)24-20(12)28/h3-9,25H,23H2,1-2H3,(H,24,28,29). The molecule has 4 N–H and O–H groups in total. The predicted molar refractivity (Wildman–Crippen MR) is 120 cm³/mol. The molecule has 0 atom stereocenters. The highest BCUT2D eigenvalue weighted by Gasteiger charge is 2.33. The molecule has 11 heteroatoms. The van der Waals surface area contributed by atoms with E-state index in [1.165, 1.54) is 18.2 Å². The number of nitrogen functional groups attached to an aromatic ring is 1. The fraction of sp³-hybridized carbons (Fsp3) is 0.0952. The van der Waals surface area contributed by atoms with Gasteiger partial charge in [-0.2, -0.15) is 0 Å². The van der Waals surface area contributed by atoms with Crippen molar-refractivity contribution in [2.45, 2.75) is 18.7 Å². The smallest absolute Gasteiger partial charge is 0.265 e. The van der Waals surface area contributed by atoms with Gasteiger partial charge in [0.25, 0.3) is 27.4 Å². The van der Waals surface area contributed by atoms with Crippen LogP contribution in [0.5, 0.6) is 0 Å². The fourth-order valence-corrected chi connectivity index (χ4v) is 5.45. The lowest BCUT2D eigenvalue weighted by atomic mass is 10.1. The Kier molecular flexibility index (Phi) is 5.06. The minimum absolute atomic E-state index is 0.160. The van der Waals surface area contributed by atoms with E-state index in [1.54, 1.807) is 19.1 Å². The van der Waals surface area contributed by atoms with Crippen molar-refractivity contribution in [1.82, 2.24) is 9.88 Å². The number of carbonyl (C=O) groups excluding carboxylic acids is 2. The molecule has 1 aromatic heterocycles. The molecule has 2 heterocycles. The monoisotopic (exact) mass is 472 g/mol. The van der Waals surface area contributed by atoms with Crippen LogP contribution in [0.4, 0.5) is 11.5 Å². The Hall–Kier alpha value is -3.63. The van der Waals surface area contributed by atoms with Gasteiger partial charge < -0.3 is 5.73 Å². The summed E-state index contributed by atoms with van der Waals surface area (Å²) in [5, 5.41) is 1.90.